The van der Waals surface area contributed by atoms with Gasteiger partial charge in [-0.3, -0.25) is 0 Å². The fourth-order valence-corrected chi connectivity index (χ4v) is 2.76. The highest BCUT2D eigenvalue weighted by molar-refractivity contribution is 8.00. The Labute approximate surface area is 104 Å². The molecular formula is C13H25NOS. The predicted molar refractivity (Wildman–Crippen MR) is 73.2 cm³/mol. The lowest BCUT2D eigenvalue weighted by Crippen LogP contribution is -2.37. The lowest BCUT2D eigenvalue weighted by Gasteiger charge is -2.22. The first-order valence-electron chi connectivity index (χ1n) is 6.03. The van der Waals surface area contributed by atoms with Gasteiger partial charge in [0.05, 0.1) is 6.10 Å². The van der Waals surface area contributed by atoms with Crippen LogP contribution in [0.2, 0.25) is 0 Å². The topological polar surface area (TPSA) is 21.3 Å². The second kappa shape index (κ2) is 6.08. The average Bonchev–Trinajstić information content (AvgIpc) is 2.57. The van der Waals surface area contributed by atoms with Crippen LogP contribution in [0.25, 0.3) is 0 Å². The first-order chi connectivity index (χ1) is 7.38. The van der Waals surface area contributed by atoms with Gasteiger partial charge in [0.2, 0.25) is 0 Å². The molecule has 1 heterocycles. The molecule has 1 saturated heterocycles. The second-order valence-electron chi connectivity index (χ2n) is 5.57. The molecule has 0 aromatic heterocycles. The fraction of sp³-hybridized carbons (Fsp3) is 0.846. The molecule has 0 aliphatic carbocycles. The molecule has 2 atom stereocenters. The van der Waals surface area contributed by atoms with Crippen molar-refractivity contribution in [3.63, 3.8) is 0 Å². The van der Waals surface area contributed by atoms with Gasteiger partial charge < -0.3 is 10.1 Å². The van der Waals surface area contributed by atoms with E-state index >= 15 is 0 Å². The minimum absolute atomic E-state index is 0.178. The van der Waals surface area contributed by atoms with Crippen molar-refractivity contribution in [3.8, 4) is 0 Å². The fourth-order valence-electron chi connectivity index (χ4n) is 1.60. The van der Waals surface area contributed by atoms with Crippen molar-refractivity contribution in [1.82, 2.24) is 5.32 Å². The molecule has 2 nitrogen and oxygen atoms in total. The summed E-state index contributed by atoms with van der Waals surface area (Å²) < 4.78 is 5.55. The Balaban J connectivity index is 2.15. The van der Waals surface area contributed by atoms with Gasteiger partial charge in [-0.2, -0.15) is 11.8 Å². The molecule has 94 valence electrons. The number of ether oxygens (including phenoxy) is 1. The third-order valence-electron chi connectivity index (χ3n) is 2.68. The lowest BCUT2D eigenvalue weighted by molar-refractivity contribution is 0.127. The standard InChI is InChI=1S/C13H25NOS/c1-10(8-14-13(3,4)5)9-16-12-6-7-15-11(12)2/h11-12,14H,1,6-9H2,2-5H3. The maximum atomic E-state index is 5.55. The van der Waals surface area contributed by atoms with Crippen molar-refractivity contribution >= 4 is 11.8 Å². The zero-order chi connectivity index (χ0) is 12.2. The van der Waals surface area contributed by atoms with Crippen LogP contribution >= 0.6 is 11.8 Å². The highest BCUT2D eigenvalue weighted by atomic mass is 32.2. The molecule has 1 rings (SSSR count). The molecule has 0 spiro atoms. The molecular weight excluding hydrogens is 218 g/mol. The first-order valence-corrected chi connectivity index (χ1v) is 7.08. The van der Waals surface area contributed by atoms with Crippen LogP contribution in [0.3, 0.4) is 0 Å². The highest BCUT2D eigenvalue weighted by Gasteiger charge is 2.24. The summed E-state index contributed by atoms with van der Waals surface area (Å²) in [6.07, 6.45) is 1.60. The quantitative estimate of drug-likeness (QED) is 0.750. The van der Waals surface area contributed by atoms with Gasteiger partial charge in [-0.15, -0.1) is 0 Å². The third kappa shape index (κ3) is 5.37. The van der Waals surface area contributed by atoms with Crippen molar-refractivity contribution in [2.75, 3.05) is 18.9 Å². The zero-order valence-electron chi connectivity index (χ0n) is 11.0. The molecule has 1 fully saturated rings. The van der Waals surface area contributed by atoms with Crippen LogP contribution in [0.1, 0.15) is 34.1 Å². The van der Waals surface area contributed by atoms with E-state index < -0.39 is 0 Å². The van der Waals surface area contributed by atoms with Gasteiger partial charge in [-0.25, -0.2) is 0 Å². The molecule has 3 heteroatoms. The van der Waals surface area contributed by atoms with Gasteiger partial charge in [0.25, 0.3) is 0 Å². The van der Waals surface area contributed by atoms with Crippen molar-refractivity contribution in [2.45, 2.75) is 51.0 Å². The Hall–Kier alpha value is 0.01000. The molecule has 0 saturated carbocycles. The smallest absolute Gasteiger partial charge is 0.0666 e. The van der Waals surface area contributed by atoms with Crippen LogP contribution in [0, 0.1) is 0 Å². The number of rotatable bonds is 5. The normalized spacial score (nSPS) is 26.0. The minimum atomic E-state index is 0.178. The van der Waals surface area contributed by atoms with E-state index in [1.54, 1.807) is 0 Å². The first kappa shape index (κ1) is 14.1. The van der Waals surface area contributed by atoms with E-state index in [9.17, 15) is 0 Å². The molecule has 0 bridgehead atoms. The summed E-state index contributed by atoms with van der Waals surface area (Å²) in [6, 6.07) is 0. The molecule has 1 N–H and O–H groups in total. The molecule has 0 radical (unpaired) electrons. The van der Waals surface area contributed by atoms with Crippen LogP contribution < -0.4 is 5.32 Å². The van der Waals surface area contributed by atoms with E-state index in [0.29, 0.717) is 11.4 Å². The van der Waals surface area contributed by atoms with Gasteiger partial charge in [0.1, 0.15) is 0 Å². The van der Waals surface area contributed by atoms with Gasteiger partial charge in [-0.1, -0.05) is 12.2 Å². The lowest BCUT2D eigenvalue weighted by atomic mass is 10.1. The van der Waals surface area contributed by atoms with E-state index in [2.05, 4.69) is 39.6 Å². The number of thioether (sulfide) groups is 1. The van der Waals surface area contributed by atoms with Crippen molar-refractivity contribution in [1.29, 1.82) is 0 Å². The Morgan fingerprint density at radius 3 is 2.69 bits per heavy atom. The van der Waals surface area contributed by atoms with Gasteiger partial charge in [0.15, 0.2) is 0 Å². The van der Waals surface area contributed by atoms with Crippen molar-refractivity contribution in [2.24, 2.45) is 0 Å². The summed E-state index contributed by atoms with van der Waals surface area (Å²) in [5.41, 5.74) is 1.45. The summed E-state index contributed by atoms with van der Waals surface area (Å²) in [7, 11) is 0. The summed E-state index contributed by atoms with van der Waals surface area (Å²) in [5, 5.41) is 4.12. The van der Waals surface area contributed by atoms with Crippen LogP contribution in [-0.4, -0.2) is 35.8 Å². The van der Waals surface area contributed by atoms with Crippen LogP contribution in [0.4, 0.5) is 0 Å². The Bertz CT molecular complexity index is 235. The third-order valence-corrected chi connectivity index (χ3v) is 4.30. The van der Waals surface area contributed by atoms with Crippen LogP contribution in [0.15, 0.2) is 12.2 Å². The van der Waals surface area contributed by atoms with E-state index in [4.69, 9.17) is 4.74 Å². The Kier molecular flexibility index (Phi) is 5.35. The van der Waals surface area contributed by atoms with Gasteiger partial charge in [0, 0.05) is 29.7 Å². The van der Waals surface area contributed by atoms with E-state index in [1.807, 2.05) is 11.8 Å². The predicted octanol–water partition coefficient (Wildman–Crippen LogP) is 2.84. The highest BCUT2D eigenvalue weighted by Crippen LogP contribution is 2.27. The van der Waals surface area contributed by atoms with E-state index in [0.717, 1.165) is 18.9 Å². The molecule has 16 heavy (non-hydrogen) atoms. The number of hydrogen-bond donors (Lipinski definition) is 1. The monoisotopic (exact) mass is 243 g/mol. The summed E-state index contributed by atoms with van der Waals surface area (Å²) in [6.45, 7) is 14.7. The maximum absolute atomic E-state index is 5.55. The molecule has 0 amide bonds. The molecule has 2 unspecified atom stereocenters. The van der Waals surface area contributed by atoms with Crippen molar-refractivity contribution < 1.29 is 4.74 Å². The Morgan fingerprint density at radius 2 is 2.19 bits per heavy atom. The maximum Gasteiger partial charge on any atom is 0.0666 e. The number of hydrogen-bond acceptors (Lipinski definition) is 3. The van der Waals surface area contributed by atoms with Crippen LogP contribution in [0.5, 0.6) is 0 Å². The number of nitrogens with one attached hydrogen (secondary N) is 1. The van der Waals surface area contributed by atoms with Crippen LogP contribution in [-0.2, 0) is 4.74 Å². The molecule has 1 aliphatic rings. The van der Waals surface area contributed by atoms with Crippen molar-refractivity contribution in [3.05, 3.63) is 12.2 Å². The average molecular weight is 243 g/mol. The summed E-state index contributed by atoms with van der Waals surface area (Å²) in [5.74, 6) is 1.04. The van der Waals surface area contributed by atoms with E-state index in [1.165, 1.54) is 12.0 Å². The molecule has 0 aromatic rings. The van der Waals surface area contributed by atoms with Gasteiger partial charge in [-0.05, 0) is 34.1 Å². The summed E-state index contributed by atoms with van der Waals surface area (Å²) in [4.78, 5) is 0. The SMILES string of the molecule is C=C(CNC(C)(C)C)CSC1CCOC1C. The molecule has 0 aromatic carbocycles. The zero-order valence-corrected chi connectivity index (χ0v) is 11.8. The van der Waals surface area contributed by atoms with Gasteiger partial charge >= 0.3 is 0 Å². The molecule has 1 aliphatic heterocycles. The Morgan fingerprint density at radius 1 is 1.50 bits per heavy atom. The summed E-state index contributed by atoms with van der Waals surface area (Å²) >= 11 is 1.99. The largest absolute Gasteiger partial charge is 0.377 e. The van der Waals surface area contributed by atoms with E-state index in [-0.39, 0.29) is 5.54 Å². The second-order valence-corrected chi connectivity index (χ2v) is 6.80. The minimum Gasteiger partial charge on any atom is -0.377 e.